The van der Waals surface area contributed by atoms with Crippen LogP contribution in [0.4, 0.5) is 10.5 Å². The van der Waals surface area contributed by atoms with Gasteiger partial charge in [0.15, 0.2) is 0 Å². The molecule has 1 aliphatic heterocycles. The van der Waals surface area contributed by atoms with Crippen LogP contribution in [0.3, 0.4) is 0 Å². The third-order valence-corrected chi connectivity index (χ3v) is 4.73. The van der Waals surface area contributed by atoms with E-state index in [-0.39, 0.29) is 5.91 Å². The normalized spacial score (nSPS) is 14.9. The van der Waals surface area contributed by atoms with Gasteiger partial charge in [0, 0.05) is 6.54 Å². The lowest BCUT2D eigenvalue weighted by Gasteiger charge is -2.16. The summed E-state index contributed by atoms with van der Waals surface area (Å²) in [5.41, 5.74) is 0.673. The molecule has 0 atom stereocenters. The number of carbonyl (C=O) groups excluding carboxylic acids is 4. The highest BCUT2D eigenvalue weighted by atomic mass is 16.2. The Bertz CT molecular complexity index is 972. The van der Waals surface area contributed by atoms with Gasteiger partial charge in [0.05, 0.1) is 11.3 Å². The van der Waals surface area contributed by atoms with Crippen molar-refractivity contribution in [3.05, 3.63) is 65.7 Å². The van der Waals surface area contributed by atoms with E-state index in [1.165, 1.54) is 0 Å². The first-order valence-corrected chi connectivity index (χ1v) is 9.63. The fraction of sp³-hybridized carbons (Fsp3) is 0.273. The van der Waals surface area contributed by atoms with Crippen LogP contribution in [-0.2, 0) is 16.0 Å². The Balaban J connectivity index is 1.60. The van der Waals surface area contributed by atoms with Crippen LogP contribution in [0.25, 0.3) is 0 Å². The number of urea groups is 1. The number of nitrogens with zero attached hydrogens (tertiary/aromatic N) is 1. The molecule has 0 unspecified atom stereocenters. The summed E-state index contributed by atoms with van der Waals surface area (Å²) in [5, 5.41) is 7.98. The summed E-state index contributed by atoms with van der Waals surface area (Å²) in [6.45, 7) is 3.15. The van der Waals surface area contributed by atoms with Crippen molar-refractivity contribution in [1.82, 2.24) is 15.5 Å². The maximum atomic E-state index is 12.6. The quantitative estimate of drug-likeness (QED) is 0.609. The second kappa shape index (κ2) is 8.77. The maximum Gasteiger partial charge on any atom is 0.325 e. The van der Waals surface area contributed by atoms with E-state index >= 15 is 0 Å². The highest BCUT2D eigenvalue weighted by Crippen LogP contribution is 2.18. The van der Waals surface area contributed by atoms with Crippen molar-refractivity contribution >= 4 is 29.4 Å². The average molecular weight is 408 g/mol. The largest absolute Gasteiger partial charge is 0.352 e. The number of amides is 5. The molecule has 30 heavy (non-hydrogen) atoms. The number of benzene rings is 2. The van der Waals surface area contributed by atoms with Crippen molar-refractivity contribution in [2.24, 2.45) is 0 Å². The van der Waals surface area contributed by atoms with Gasteiger partial charge in [-0.1, -0.05) is 42.5 Å². The fourth-order valence-electron chi connectivity index (χ4n) is 3.15. The number of anilines is 1. The summed E-state index contributed by atoms with van der Waals surface area (Å²) in [4.78, 5) is 50.0. The van der Waals surface area contributed by atoms with Crippen molar-refractivity contribution in [3.63, 3.8) is 0 Å². The molecule has 8 nitrogen and oxygen atoms in total. The second-order valence-electron chi connectivity index (χ2n) is 7.53. The Morgan fingerprint density at radius 2 is 1.67 bits per heavy atom. The SMILES string of the molecule is CC1(C)NC(=O)N(CC(=O)Nc2ccccc2C(=O)NCCc2ccccc2)C1=O. The highest BCUT2D eigenvalue weighted by molar-refractivity contribution is 6.10. The van der Waals surface area contributed by atoms with E-state index in [2.05, 4.69) is 16.0 Å². The van der Waals surface area contributed by atoms with Crippen LogP contribution in [-0.4, -0.2) is 47.3 Å². The van der Waals surface area contributed by atoms with Crippen LogP contribution in [0, 0.1) is 0 Å². The second-order valence-corrected chi connectivity index (χ2v) is 7.53. The van der Waals surface area contributed by atoms with Gasteiger partial charge in [-0.3, -0.25) is 19.3 Å². The van der Waals surface area contributed by atoms with Crippen molar-refractivity contribution < 1.29 is 19.2 Å². The molecule has 2 aromatic carbocycles. The van der Waals surface area contributed by atoms with Gasteiger partial charge in [0.1, 0.15) is 12.1 Å². The molecule has 0 radical (unpaired) electrons. The van der Waals surface area contributed by atoms with Crippen molar-refractivity contribution in [1.29, 1.82) is 0 Å². The van der Waals surface area contributed by atoms with Gasteiger partial charge in [-0.2, -0.15) is 0 Å². The molecule has 5 amide bonds. The molecule has 0 aliphatic carbocycles. The lowest BCUT2D eigenvalue weighted by Crippen LogP contribution is -2.41. The zero-order chi connectivity index (χ0) is 21.7. The summed E-state index contributed by atoms with van der Waals surface area (Å²) >= 11 is 0. The summed E-state index contributed by atoms with van der Waals surface area (Å²) in [5.74, 6) is -1.37. The van der Waals surface area contributed by atoms with Crippen molar-refractivity contribution in [3.8, 4) is 0 Å². The van der Waals surface area contributed by atoms with E-state index in [1.807, 2.05) is 30.3 Å². The lowest BCUT2D eigenvalue weighted by molar-refractivity contribution is -0.132. The summed E-state index contributed by atoms with van der Waals surface area (Å²) in [6.07, 6.45) is 0.684. The molecule has 0 bridgehead atoms. The van der Waals surface area contributed by atoms with Crippen LogP contribution >= 0.6 is 0 Å². The first-order chi connectivity index (χ1) is 14.3. The summed E-state index contributed by atoms with van der Waals surface area (Å²) < 4.78 is 0. The molecule has 0 spiro atoms. The first kappa shape index (κ1) is 21.0. The third-order valence-electron chi connectivity index (χ3n) is 4.73. The molecule has 1 aliphatic rings. The zero-order valence-electron chi connectivity index (χ0n) is 16.9. The minimum Gasteiger partial charge on any atom is -0.352 e. The predicted octanol–water partition coefficient (Wildman–Crippen LogP) is 1.93. The topological polar surface area (TPSA) is 108 Å². The van der Waals surface area contributed by atoms with Crippen LogP contribution in [0.5, 0.6) is 0 Å². The molecule has 156 valence electrons. The molecule has 0 aromatic heterocycles. The summed E-state index contributed by atoms with van der Waals surface area (Å²) in [6, 6.07) is 15.7. The van der Waals surface area contributed by atoms with Crippen molar-refractivity contribution in [2.45, 2.75) is 25.8 Å². The Kier molecular flexibility index (Phi) is 6.15. The molecular formula is C22H24N4O4. The Hall–Kier alpha value is -3.68. The van der Waals surface area contributed by atoms with E-state index in [0.29, 0.717) is 24.2 Å². The first-order valence-electron chi connectivity index (χ1n) is 9.63. The van der Waals surface area contributed by atoms with Gasteiger partial charge in [0.25, 0.3) is 11.8 Å². The molecule has 1 heterocycles. The van der Waals surface area contributed by atoms with E-state index in [0.717, 1.165) is 10.5 Å². The predicted molar refractivity (Wildman–Crippen MR) is 112 cm³/mol. The smallest absolute Gasteiger partial charge is 0.325 e. The molecule has 3 rings (SSSR count). The maximum absolute atomic E-state index is 12.6. The van der Waals surface area contributed by atoms with E-state index in [4.69, 9.17) is 0 Å². The van der Waals surface area contributed by atoms with Crippen LogP contribution in [0.1, 0.15) is 29.8 Å². The number of para-hydroxylation sites is 1. The molecule has 3 N–H and O–H groups in total. The molecule has 2 aromatic rings. The molecule has 8 heteroatoms. The van der Waals surface area contributed by atoms with Gasteiger partial charge in [0.2, 0.25) is 5.91 Å². The van der Waals surface area contributed by atoms with E-state index < -0.39 is 29.9 Å². The number of hydrogen-bond donors (Lipinski definition) is 3. The number of rotatable bonds is 7. The zero-order valence-corrected chi connectivity index (χ0v) is 16.9. The Morgan fingerprint density at radius 3 is 2.33 bits per heavy atom. The highest BCUT2D eigenvalue weighted by Gasteiger charge is 2.44. The summed E-state index contributed by atoms with van der Waals surface area (Å²) in [7, 11) is 0. The molecule has 1 fully saturated rings. The van der Waals surface area contributed by atoms with Crippen LogP contribution in [0.15, 0.2) is 54.6 Å². The van der Waals surface area contributed by atoms with Gasteiger partial charge >= 0.3 is 6.03 Å². The molecular weight excluding hydrogens is 384 g/mol. The number of imide groups is 1. The monoisotopic (exact) mass is 408 g/mol. The van der Waals surface area contributed by atoms with Gasteiger partial charge in [-0.25, -0.2) is 4.79 Å². The van der Waals surface area contributed by atoms with Gasteiger partial charge < -0.3 is 16.0 Å². The standard InChI is InChI=1S/C22H24N4O4/c1-22(2)20(29)26(21(30)25-22)14-18(27)24-17-11-7-6-10-16(17)19(28)23-13-12-15-8-4-3-5-9-15/h3-11H,12-14H2,1-2H3,(H,23,28)(H,24,27)(H,25,30). The van der Waals surface area contributed by atoms with E-state index in [1.54, 1.807) is 38.1 Å². The Labute approximate surface area is 174 Å². The lowest BCUT2D eigenvalue weighted by atomic mass is 10.1. The number of hydrogen-bond acceptors (Lipinski definition) is 4. The number of nitrogens with one attached hydrogen (secondary N) is 3. The van der Waals surface area contributed by atoms with Gasteiger partial charge in [-0.15, -0.1) is 0 Å². The third kappa shape index (κ3) is 4.83. The minimum absolute atomic E-state index is 0.302. The van der Waals surface area contributed by atoms with Crippen LogP contribution in [0.2, 0.25) is 0 Å². The van der Waals surface area contributed by atoms with Crippen molar-refractivity contribution in [2.75, 3.05) is 18.4 Å². The Morgan fingerprint density at radius 1 is 1.00 bits per heavy atom. The number of carbonyl (C=O) groups is 4. The minimum atomic E-state index is -1.05. The average Bonchev–Trinajstić information content (AvgIpc) is 2.90. The molecule has 1 saturated heterocycles. The molecule has 0 saturated carbocycles. The van der Waals surface area contributed by atoms with E-state index in [9.17, 15) is 19.2 Å². The fourth-order valence-corrected chi connectivity index (χ4v) is 3.15. The van der Waals surface area contributed by atoms with Crippen LogP contribution < -0.4 is 16.0 Å². The van der Waals surface area contributed by atoms with Gasteiger partial charge in [-0.05, 0) is 38.0 Å².